The molecule has 1 aromatic heterocycles. The summed E-state index contributed by atoms with van der Waals surface area (Å²) < 4.78 is 13.8. The maximum Gasteiger partial charge on any atom is 0.132 e. The normalized spacial score (nSPS) is 10.7. The monoisotopic (exact) mass is 273 g/mol. The van der Waals surface area contributed by atoms with E-state index < -0.39 is 0 Å². The number of nitrogens with one attached hydrogen (secondary N) is 1. The Bertz CT molecular complexity index is 623. The lowest BCUT2D eigenvalue weighted by atomic mass is 10.0. The van der Waals surface area contributed by atoms with E-state index in [1.807, 2.05) is 20.0 Å². The minimum atomic E-state index is -0.205. The van der Waals surface area contributed by atoms with E-state index in [0.717, 1.165) is 41.3 Å². The van der Waals surface area contributed by atoms with Crippen molar-refractivity contribution < 1.29 is 4.39 Å². The molecule has 0 spiro atoms. The summed E-state index contributed by atoms with van der Waals surface area (Å²) in [4.78, 5) is 9.08. The average Bonchev–Trinajstić information content (AvgIpc) is 2.44. The number of hydrogen-bond donors (Lipinski definition) is 1. The number of aryl methyl sites for hydroxylation is 2. The van der Waals surface area contributed by atoms with Crippen molar-refractivity contribution in [3.8, 4) is 11.3 Å². The maximum atomic E-state index is 13.8. The number of anilines is 1. The van der Waals surface area contributed by atoms with Gasteiger partial charge in [-0.2, -0.15) is 0 Å². The van der Waals surface area contributed by atoms with Gasteiger partial charge in [0.25, 0.3) is 0 Å². The Morgan fingerprint density at radius 1 is 1.20 bits per heavy atom. The molecule has 20 heavy (non-hydrogen) atoms. The van der Waals surface area contributed by atoms with Gasteiger partial charge in [-0.15, -0.1) is 0 Å². The first-order valence-electron chi connectivity index (χ1n) is 6.88. The van der Waals surface area contributed by atoms with E-state index in [1.54, 1.807) is 19.1 Å². The molecule has 2 aromatic rings. The number of nitrogens with zero attached hydrogens (tertiary/aromatic N) is 2. The smallest absolute Gasteiger partial charge is 0.132 e. The largest absolute Gasteiger partial charge is 0.373 e. The number of hydrogen-bond acceptors (Lipinski definition) is 3. The molecule has 0 saturated heterocycles. The summed E-state index contributed by atoms with van der Waals surface area (Å²) in [5.74, 6) is 1.39. The van der Waals surface area contributed by atoms with Crippen LogP contribution in [0.2, 0.25) is 0 Å². The Morgan fingerprint density at radius 3 is 2.55 bits per heavy atom. The van der Waals surface area contributed by atoms with Crippen LogP contribution in [-0.4, -0.2) is 17.0 Å². The lowest BCUT2D eigenvalue weighted by Crippen LogP contribution is -2.05. The summed E-state index contributed by atoms with van der Waals surface area (Å²) >= 11 is 0. The van der Waals surface area contributed by atoms with Crippen molar-refractivity contribution in [3.05, 3.63) is 41.0 Å². The van der Waals surface area contributed by atoms with Gasteiger partial charge in [0.05, 0.1) is 5.69 Å². The highest BCUT2D eigenvalue weighted by molar-refractivity contribution is 5.68. The van der Waals surface area contributed by atoms with Gasteiger partial charge < -0.3 is 5.32 Å². The minimum Gasteiger partial charge on any atom is -0.373 e. The molecule has 1 N–H and O–H groups in total. The summed E-state index contributed by atoms with van der Waals surface area (Å²) in [6.45, 7) is 5.80. The van der Waals surface area contributed by atoms with E-state index in [9.17, 15) is 4.39 Å². The molecule has 0 bridgehead atoms. The molecule has 0 aliphatic carbocycles. The van der Waals surface area contributed by atoms with Crippen molar-refractivity contribution in [2.24, 2.45) is 0 Å². The zero-order valence-corrected chi connectivity index (χ0v) is 12.4. The molecular weight excluding hydrogens is 253 g/mol. The molecule has 106 valence electrons. The zero-order valence-electron chi connectivity index (χ0n) is 12.4. The fourth-order valence-electron chi connectivity index (χ4n) is 2.16. The first kappa shape index (κ1) is 14.4. The van der Waals surface area contributed by atoms with E-state index in [0.29, 0.717) is 5.56 Å². The van der Waals surface area contributed by atoms with Crippen LogP contribution in [0.4, 0.5) is 10.2 Å². The molecule has 0 radical (unpaired) electrons. The van der Waals surface area contributed by atoms with Crippen LogP contribution in [0.25, 0.3) is 11.3 Å². The average molecular weight is 273 g/mol. The van der Waals surface area contributed by atoms with Crippen LogP contribution in [-0.2, 0) is 6.42 Å². The van der Waals surface area contributed by atoms with Crippen LogP contribution >= 0.6 is 0 Å². The second-order valence-electron chi connectivity index (χ2n) is 4.93. The molecule has 3 nitrogen and oxygen atoms in total. The highest BCUT2D eigenvalue weighted by atomic mass is 19.1. The third-order valence-electron chi connectivity index (χ3n) is 3.35. The first-order valence-corrected chi connectivity index (χ1v) is 6.88. The van der Waals surface area contributed by atoms with Crippen molar-refractivity contribution in [1.29, 1.82) is 0 Å². The molecule has 4 heteroatoms. The Morgan fingerprint density at radius 2 is 1.95 bits per heavy atom. The molecule has 0 aliphatic heterocycles. The molecule has 0 amide bonds. The fourth-order valence-corrected chi connectivity index (χ4v) is 2.16. The van der Waals surface area contributed by atoms with Crippen LogP contribution in [0.15, 0.2) is 18.2 Å². The Kier molecular flexibility index (Phi) is 4.32. The molecule has 1 aromatic carbocycles. The third-order valence-corrected chi connectivity index (χ3v) is 3.35. The van der Waals surface area contributed by atoms with Gasteiger partial charge in [0.1, 0.15) is 17.5 Å². The molecule has 0 atom stereocenters. The Balaban J connectivity index is 2.58. The van der Waals surface area contributed by atoms with E-state index in [2.05, 4.69) is 22.2 Å². The van der Waals surface area contributed by atoms with Crippen LogP contribution in [0.5, 0.6) is 0 Å². The van der Waals surface area contributed by atoms with Gasteiger partial charge in [-0.1, -0.05) is 19.1 Å². The van der Waals surface area contributed by atoms with Crippen LogP contribution in [0.3, 0.4) is 0 Å². The van der Waals surface area contributed by atoms with Crippen LogP contribution < -0.4 is 5.32 Å². The van der Waals surface area contributed by atoms with Crippen molar-refractivity contribution in [2.75, 3.05) is 12.4 Å². The maximum absolute atomic E-state index is 13.8. The fraction of sp³-hybridized carbons (Fsp3) is 0.375. The predicted octanol–water partition coefficient (Wildman–Crippen LogP) is 3.89. The summed E-state index contributed by atoms with van der Waals surface area (Å²) in [6, 6.07) is 5.23. The van der Waals surface area contributed by atoms with E-state index >= 15 is 0 Å². The highest BCUT2D eigenvalue weighted by Gasteiger charge is 2.12. The standard InChI is InChI=1S/C16H20FN3/c1-5-6-14-19-15(11(3)16(18-4)20-14)12-8-7-10(2)13(17)9-12/h7-9H,5-6H2,1-4H3,(H,18,19,20). The quantitative estimate of drug-likeness (QED) is 0.918. The van der Waals surface area contributed by atoms with Gasteiger partial charge in [0, 0.05) is 24.6 Å². The number of halogens is 1. The first-order chi connectivity index (χ1) is 9.56. The lowest BCUT2D eigenvalue weighted by molar-refractivity contribution is 0.619. The van der Waals surface area contributed by atoms with E-state index in [4.69, 9.17) is 0 Å². The molecule has 0 saturated carbocycles. The SMILES string of the molecule is CCCc1nc(NC)c(C)c(-c2ccc(C)c(F)c2)n1. The van der Waals surface area contributed by atoms with Gasteiger partial charge in [-0.3, -0.25) is 0 Å². The number of aromatic nitrogens is 2. The van der Waals surface area contributed by atoms with Crippen LogP contribution in [0, 0.1) is 19.7 Å². The van der Waals surface area contributed by atoms with Crippen molar-refractivity contribution in [2.45, 2.75) is 33.6 Å². The predicted molar refractivity (Wildman–Crippen MR) is 80.4 cm³/mol. The second kappa shape index (κ2) is 5.99. The van der Waals surface area contributed by atoms with Gasteiger partial charge in [0.15, 0.2) is 0 Å². The summed E-state index contributed by atoms with van der Waals surface area (Å²) in [5.41, 5.74) is 3.17. The van der Waals surface area contributed by atoms with Gasteiger partial charge >= 0.3 is 0 Å². The summed E-state index contributed by atoms with van der Waals surface area (Å²) in [7, 11) is 1.84. The highest BCUT2D eigenvalue weighted by Crippen LogP contribution is 2.27. The van der Waals surface area contributed by atoms with Gasteiger partial charge in [-0.25, -0.2) is 14.4 Å². The molecule has 1 heterocycles. The van der Waals surface area contributed by atoms with Gasteiger partial charge in [-0.05, 0) is 31.9 Å². The molecular formula is C16H20FN3. The Labute approximate surface area is 119 Å². The summed E-state index contributed by atoms with van der Waals surface area (Å²) in [5, 5.41) is 3.09. The molecule has 0 fully saturated rings. The van der Waals surface area contributed by atoms with Crippen LogP contribution in [0.1, 0.15) is 30.3 Å². The van der Waals surface area contributed by atoms with Crippen molar-refractivity contribution in [3.63, 3.8) is 0 Å². The molecule has 0 unspecified atom stereocenters. The lowest BCUT2D eigenvalue weighted by Gasteiger charge is -2.12. The van der Waals surface area contributed by atoms with E-state index in [1.165, 1.54) is 0 Å². The number of benzene rings is 1. The van der Waals surface area contributed by atoms with Crippen molar-refractivity contribution >= 4 is 5.82 Å². The summed E-state index contributed by atoms with van der Waals surface area (Å²) in [6.07, 6.45) is 1.80. The number of rotatable bonds is 4. The second-order valence-corrected chi connectivity index (χ2v) is 4.93. The molecule has 2 rings (SSSR count). The van der Waals surface area contributed by atoms with Crippen molar-refractivity contribution in [1.82, 2.24) is 9.97 Å². The molecule has 0 aliphatic rings. The van der Waals surface area contributed by atoms with Gasteiger partial charge in [0.2, 0.25) is 0 Å². The third kappa shape index (κ3) is 2.79. The van der Waals surface area contributed by atoms with E-state index in [-0.39, 0.29) is 5.82 Å². The minimum absolute atomic E-state index is 0.205. The Hall–Kier alpha value is -1.97. The topological polar surface area (TPSA) is 37.8 Å². The zero-order chi connectivity index (χ0) is 14.7.